The summed E-state index contributed by atoms with van der Waals surface area (Å²) in [6.07, 6.45) is 0.688. The Hall–Kier alpha value is -1.35. The lowest BCUT2D eigenvalue weighted by Crippen LogP contribution is -2.31. The smallest absolute Gasteiger partial charge is 0.299 e. The fourth-order valence-corrected chi connectivity index (χ4v) is 2.31. The molecule has 0 aliphatic carbocycles. The topological polar surface area (TPSA) is 37.4 Å². The maximum absolute atomic E-state index is 11.9. The summed E-state index contributed by atoms with van der Waals surface area (Å²) in [6, 6.07) is 3.82. The molecule has 0 radical (unpaired) electrons. The molecule has 0 unspecified atom stereocenters. The second kappa shape index (κ2) is 4.49. The van der Waals surface area contributed by atoms with Crippen LogP contribution in [0, 0.1) is 13.8 Å². The Morgan fingerprint density at radius 2 is 1.82 bits per heavy atom. The molecule has 1 heterocycles. The van der Waals surface area contributed by atoms with E-state index in [1.54, 1.807) is 4.90 Å². The summed E-state index contributed by atoms with van der Waals surface area (Å²) < 4.78 is 0. The number of carbonyl (C=O) groups is 2. The summed E-state index contributed by atoms with van der Waals surface area (Å²) in [6.45, 7) is 4.28. The van der Waals surface area contributed by atoms with Gasteiger partial charge in [-0.05, 0) is 31.4 Å². The molecule has 0 aromatic heterocycles. The molecule has 0 spiro atoms. The molecule has 3 nitrogen and oxygen atoms in total. The van der Waals surface area contributed by atoms with Crippen LogP contribution in [0.15, 0.2) is 12.1 Å². The van der Waals surface area contributed by atoms with Crippen molar-refractivity contribution in [2.75, 3.05) is 17.3 Å². The average Bonchev–Trinajstić information content (AvgIpc) is 2.56. The van der Waals surface area contributed by atoms with E-state index in [-0.39, 0.29) is 0 Å². The lowest BCUT2D eigenvalue weighted by Gasteiger charge is -2.18. The first-order valence-electron chi connectivity index (χ1n) is 5.60. The molecule has 1 aromatic rings. The molecule has 0 fully saturated rings. The van der Waals surface area contributed by atoms with Gasteiger partial charge in [0.2, 0.25) is 0 Å². The van der Waals surface area contributed by atoms with Crippen molar-refractivity contribution in [1.29, 1.82) is 0 Å². The molecule has 0 saturated carbocycles. The van der Waals surface area contributed by atoms with Crippen LogP contribution >= 0.6 is 11.6 Å². The van der Waals surface area contributed by atoms with E-state index in [9.17, 15) is 9.59 Å². The lowest BCUT2D eigenvalue weighted by molar-refractivity contribution is -0.114. The van der Waals surface area contributed by atoms with Gasteiger partial charge in [-0.3, -0.25) is 9.59 Å². The van der Waals surface area contributed by atoms with Crippen molar-refractivity contribution in [3.8, 4) is 0 Å². The summed E-state index contributed by atoms with van der Waals surface area (Å²) in [5.41, 5.74) is 3.14. The summed E-state index contributed by atoms with van der Waals surface area (Å²) in [4.78, 5) is 25.4. The van der Waals surface area contributed by atoms with Gasteiger partial charge in [0.05, 0.1) is 11.3 Å². The number of rotatable bonds is 3. The SMILES string of the molecule is Cc1ccc(C)c2c1C(=O)C(=O)N2CCCCl. The standard InChI is InChI=1S/C13H14ClNO2/c1-8-4-5-9(2)11-10(8)12(16)13(17)15(11)7-3-6-14/h4-5H,3,6-7H2,1-2H3. The van der Waals surface area contributed by atoms with E-state index < -0.39 is 11.7 Å². The summed E-state index contributed by atoms with van der Waals surface area (Å²) in [5, 5.41) is 0. The summed E-state index contributed by atoms with van der Waals surface area (Å²) in [7, 11) is 0. The number of ketones is 1. The highest BCUT2D eigenvalue weighted by molar-refractivity contribution is 6.52. The number of hydrogen-bond donors (Lipinski definition) is 0. The predicted molar refractivity (Wildman–Crippen MR) is 67.9 cm³/mol. The zero-order chi connectivity index (χ0) is 12.6. The number of anilines is 1. The summed E-state index contributed by atoms with van der Waals surface area (Å²) >= 11 is 5.64. The average molecular weight is 252 g/mol. The largest absolute Gasteiger partial charge is 0.304 e. The Kier molecular flexibility index (Phi) is 3.20. The van der Waals surface area contributed by atoms with Gasteiger partial charge in [-0.15, -0.1) is 11.6 Å². The number of hydrogen-bond acceptors (Lipinski definition) is 2. The molecule has 1 aliphatic rings. The first kappa shape index (κ1) is 12.1. The number of fused-ring (bicyclic) bond motifs is 1. The van der Waals surface area contributed by atoms with Crippen LogP contribution < -0.4 is 4.90 Å². The van der Waals surface area contributed by atoms with Crippen LogP contribution in [-0.4, -0.2) is 24.1 Å². The van der Waals surface area contributed by atoms with Crippen LogP contribution in [0.2, 0.25) is 0 Å². The van der Waals surface area contributed by atoms with Crippen molar-refractivity contribution in [2.24, 2.45) is 0 Å². The van der Waals surface area contributed by atoms with Crippen LogP contribution in [0.25, 0.3) is 0 Å². The van der Waals surface area contributed by atoms with E-state index in [1.807, 2.05) is 26.0 Å². The minimum absolute atomic E-state index is 0.393. The van der Waals surface area contributed by atoms with Gasteiger partial charge >= 0.3 is 0 Å². The lowest BCUT2D eigenvalue weighted by atomic mass is 10.0. The Morgan fingerprint density at radius 3 is 2.47 bits per heavy atom. The molecule has 2 rings (SSSR count). The molecule has 0 N–H and O–H groups in total. The van der Waals surface area contributed by atoms with Gasteiger partial charge in [0.25, 0.3) is 11.7 Å². The number of nitrogens with zero attached hydrogens (tertiary/aromatic N) is 1. The van der Waals surface area contributed by atoms with Gasteiger partial charge in [0.1, 0.15) is 0 Å². The van der Waals surface area contributed by atoms with Crippen LogP contribution in [-0.2, 0) is 4.79 Å². The van der Waals surface area contributed by atoms with Crippen molar-refractivity contribution in [3.05, 3.63) is 28.8 Å². The maximum atomic E-state index is 11.9. The fraction of sp³-hybridized carbons (Fsp3) is 0.385. The van der Waals surface area contributed by atoms with Crippen LogP contribution in [0.3, 0.4) is 0 Å². The molecule has 1 amide bonds. The number of carbonyl (C=O) groups excluding carboxylic acids is 2. The molecule has 4 heteroatoms. The minimum atomic E-state index is -0.428. The first-order valence-corrected chi connectivity index (χ1v) is 6.13. The van der Waals surface area contributed by atoms with Crippen molar-refractivity contribution in [1.82, 2.24) is 0 Å². The highest BCUT2D eigenvalue weighted by Gasteiger charge is 2.37. The third-order valence-corrected chi connectivity index (χ3v) is 3.31. The molecule has 90 valence electrons. The van der Waals surface area contributed by atoms with Gasteiger partial charge in [-0.25, -0.2) is 0 Å². The van der Waals surface area contributed by atoms with E-state index in [2.05, 4.69) is 0 Å². The Balaban J connectivity index is 2.52. The van der Waals surface area contributed by atoms with E-state index in [4.69, 9.17) is 11.6 Å². The molecule has 0 saturated heterocycles. The summed E-state index contributed by atoms with van der Waals surface area (Å²) in [5.74, 6) is -0.337. The van der Waals surface area contributed by atoms with Crippen molar-refractivity contribution < 1.29 is 9.59 Å². The minimum Gasteiger partial charge on any atom is -0.304 e. The van der Waals surface area contributed by atoms with Gasteiger partial charge in [0.15, 0.2) is 0 Å². The van der Waals surface area contributed by atoms with Crippen LogP contribution in [0.5, 0.6) is 0 Å². The quantitative estimate of drug-likeness (QED) is 0.611. The molecular weight excluding hydrogens is 238 g/mol. The van der Waals surface area contributed by atoms with E-state index in [0.717, 1.165) is 16.8 Å². The van der Waals surface area contributed by atoms with Crippen LogP contribution in [0.4, 0.5) is 5.69 Å². The molecular formula is C13H14ClNO2. The van der Waals surface area contributed by atoms with Crippen molar-refractivity contribution >= 4 is 29.0 Å². The third-order valence-electron chi connectivity index (χ3n) is 3.04. The number of halogens is 1. The van der Waals surface area contributed by atoms with E-state index in [0.29, 0.717) is 24.4 Å². The molecule has 1 aliphatic heterocycles. The van der Waals surface area contributed by atoms with Gasteiger partial charge in [0, 0.05) is 12.4 Å². The third kappa shape index (κ3) is 1.84. The van der Waals surface area contributed by atoms with Gasteiger partial charge in [-0.2, -0.15) is 0 Å². The zero-order valence-electron chi connectivity index (χ0n) is 9.92. The number of benzene rings is 1. The maximum Gasteiger partial charge on any atom is 0.299 e. The van der Waals surface area contributed by atoms with Gasteiger partial charge in [-0.1, -0.05) is 12.1 Å². The second-order valence-corrected chi connectivity index (χ2v) is 4.63. The Labute approximate surface area is 105 Å². The predicted octanol–water partition coefficient (Wildman–Crippen LogP) is 2.46. The molecule has 17 heavy (non-hydrogen) atoms. The van der Waals surface area contributed by atoms with E-state index in [1.165, 1.54) is 0 Å². The Morgan fingerprint density at radius 1 is 1.18 bits per heavy atom. The van der Waals surface area contributed by atoms with Crippen molar-refractivity contribution in [3.63, 3.8) is 0 Å². The second-order valence-electron chi connectivity index (χ2n) is 4.25. The highest BCUT2D eigenvalue weighted by Crippen LogP contribution is 2.34. The monoisotopic (exact) mass is 251 g/mol. The van der Waals surface area contributed by atoms with Gasteiger partial charge < -0.3 is 4.90 Å². The number of Topliss-reactive ketones (excluding diaryl/α,β-unsaturated/α-hetero) is 1. The molecule has 0 atom stereocenters. The van der Waals surface area contributed by atoms with Crippen molar-refractivity contribution in [2.45, 2.75) is 20.3 Å². The molecule has 0 bridgehead atoms. The molecule has 1 aromatic carbocycles. The fourth-order valence-electron chi connectivity index (χ4n) is 2.19. The van der Waals surface area contributed by atoms with Crippen LogP contribution in [0.1, 0.15) is 27.9 Å². The number of amides is 1. The normalized spacial score (nSPS) is 14.4. The Bertz CT molecular complexity index is 496. The number of aryl methyl sites for hydroxylation is 2. The zero-order valence-corrected chi connectivity index (χ0v) is 10.7. The first-order chi connectivity index (χ1) is 8.07. The van der Waals surface area contributed by atoms with E-state index >= 15 is 0 Å². The number of alkyl halides is 1. The highest BCUT2D eigenvalue weighted by atomic mass is 35.5.